The number of imide groups is 1. The Kier molecular flexibility index (Phi) is 4.78. The molecule has 1 heterocycles. The van der Waals surface area contributed by atoms with Crippen LogP contribution in [0.3, 0.4) is 0 Å². The number of hydrogen-bond donors (Lipinski definition) is 2. The Morgan fingerprint density at radius 1 is 1.00 bits per heavy atom. The molecule has 2 bridgehead atoms. The SMILES string of the molecule is CN1C(=O)C2(C)CC(C)(C(=O)NNC(=O)c3cccc(Cl)c3)CC(C)(C2)C1=O. The van der Waals surface area contributed by atoms with Gasteiger partial charge in [-0.05, 0) is 37.5 Å². The van der Waals surface area contributed by atoms with Gasteiger partial charge in [0.1, 0.15) is 0 Å². The molecule has 2 atom stereocenters. The van der Waals surface area contributed by atoms with Gasteiger partial charge in [-0.1, -0.05) is 38.4 Å². The summed E-state index contributed by atoms with van der Waals surface area (Å²) in [5, 5.41) is 0.410. The molecule has 0 spiro atoms. The number of piperidine rings is 1. The third-order valence-electron chi connectivity index (χ3n) is 5.91. The summed E-state index contributed by atoms with van der Waals surface area (Å²) in [7, 11) is 1.49. The van der Waals surface area contributed by atoms with Crippen molar-refractivity contribution >= 4 is 35.2 Å². The van der Waals surface area contributed by atoms with Gasteiger partial charge in [-0.25, -0.2) is 0 Å². The van der Waals surface area contributed by atoms with Crippen LogP contribution in [-0.4, -0.2) is 35.6 Å². The lowest BCUT2D eigenvalue weighted by Crippen LogP contribution is -2.64. The smallest absolute Gasteiger partial charge is 0.269 e. The van der Waals surface area contributed by atoms with Crippen molar-refractivity contribution in [3.63, 3.8) is 0 Å². The summed E-state index contributed by atoms with van der Waals surface area (Å²) in [6, 6.07) is 6.35. The first-order chi connectivity index (χ1) is 12.9. The van der Waals surface area contributed by atoms with Crippen molar-refractivity contribution in [1.82, 2.24) is 15.8 Å². The van der Waals surface area contributed by atoms with E-state index in [1.54, 1.807) is 39.0 Å². The highest BCUT2D eigenvalue weighted by atomic mass is 35.5. The van der Waals surface area contributed by atoms with Gasteiger partial charge in [-0.2, -0.15) is 0 Å². The van der Waals surface area contributed by atoms with Crippen LogP contribution in [0.5, 0.6) is 0 Å². The minimum Gasteiger partial charge on any atom is -0.285 e. The summed E-state index contributed by atoms with van der Waals surface area (Å²) in [5.74, 6) is -1.46. The van der Waals surface area contributed by atoms with Gasteiger partial charge in [0.2, 0.25) is 17.7 Å². The highest BCUT2D eigenvalue weighted by Gasteiger charge is 2.62. The van der Waals surface area contributed by atoms with Gasteiger partial charge in [0, 0.05) is 28.5 Å². The van der Waals surface area contributed by atoms with Crippen LogP contribution in [-0.2, 0) is 14.4 Å². The maximum absolute atomic E-state index is 12.9. The number of hydrazine groups is 1. The number of carbonyl (C=O) groups excluding carboxylic acids is 4. The van der Waals surface area contributed by atoms with Crippen LogP contribution >= 0.6 is 11.6 Å². The molecule has 2 unspecified atom stereocenters. The Hall–Kier alpha value is -2.41. The first-order valence-corrected chi connectivity index (χ1v) is 9.47. The number of nitrogens with zero attached hydrogens (tertiary/aromatic N) is 1. The van der Waals surface area contributed by atoms with Crippen molar-refractivity contribution in [2.45, 2.75) is 40.0 Å². The van der Waals surface area contributed by atoms with Gasteiger partial charge in [0.05, 0.1) is 5.41 Å². The van der Waals surface area contributed by atoms with Crippen molar-refractivity contribution in [3.05, 3.63) is 34.9 Å². The van der Waals surface area contributed by atoms with E-state index in [0.717, 1.165) is 0 Å². The molecule has 7 nitrogen and oxygen atoms in total. The Labute approximate surface area is 168 Å². The monoisotopic (exact) mass is 405 g/mol. The zero-order valence-corrected chi connectivity index (χ0v) is 17.1. The molecular formula is C20H24ClN3O4. The molecule has 2 aliphatic rings. The topological polar surface area (TPSA) is 95.6 Å². The molecule has 1 aliphatic heterocycles. The number of carbonyl (C=O) groups is 4. The maximum Gasteiger partial charge on any atom is 0.269 e. The van der Waals surface area contributed by atoms with E-state index in [0.29, 0.717) is 29.8 Å². The fraction of sp³-hybridized carbons (Fsp3) is 0.500. The highest BCUT2D eigenvalue weighted by molar-refractivity contribution is 6.31. The van der Waals surface area contributed by atoms with Crippen LogP contribution in [0, 0.1) is 16.2 Å². The number of hydrogen-bond acceptors (Lipinski definition) is 4. The van der Waals surface area contributed by atoms with Crippen molar-refractivity contribution in [2.24, 2.45) is 16.2 Å². The van der Waals surface area contributed by atoms with Crippen LogP contribution in [0.2, 0.25) is 5.02 Å². The molecule has 3 rings (SSSR count). The minimum atomic E-state index is -0.976. The average molecular weight is 406 g/mol. The third-order valence-corrected chi connectivity index (χ3v) is 6.14. The van der Waals surface area contributed by atoms with E-state index in [1.807, 2.05) is 0 Å². The van der Waals surface area contributed by atoms with Crippen LogP contribution in [0.4, 0.5) is 0 Å². The van der Waals surface area contributed by atoms with E-state index < -0.39 is 28.1 Å². The summed E-state index contributed by atoms with van der Waals surface area (Å²) in [6.07, 6.45) is 1.01. The predicted octanol–water partition coefficient (Wildman–Crippen LogP) is 2.30. The van der Waals surface area contributed by atoms with Gasteiger partial charge in [-0.3, -0.25) is 34.9 Å². The average Bonchev–Trinajstić information content (AvgIpc) is 2.62. The molecule has 0 aromatic heterocycles. The molecule has 1 saturated carbocycles. The lowest BCUT2D eigenvalue weighted by molar-refractivity contribution is -0.178. The minimum absolute atomic E-state index is 0.267. The van der Waals surface area contributed by atoms with Gasteiger partial charge in [0.25, 0.3) is 5.91 Å². The molecular weight excluding hydrogens is 382 g/mol. The van der Waals surface area contributed by atoms with E-state index in [9.17, 15) is 19.2 Å². The lowest BCUT2D eigenvalue weighted by Gasteiger charge is -2.55. The first kappa shape index (κ1) is 20.3. The van der Waals surface area contributed by atoms with Gasteiger partial charge in [0.15, 0.2) is 0 Å². The third kappa shape index (κ3) is 3.28. The van der Waals surface area contributed by atoms with Gasteiger partial charge in [-0.15, -0.1) is 0 Å². The molecule has 2 N–H and O–H groups in total. The number of rotatable bonds is 2. The zero-order valence-electron chi connectivity index (χ0n) is 16.4. The summed E-state index contributed by atoms with van der Waals surface area (Å²) in [4.78, 5) is 51.8. The van der Waals surface area contributed by atoms with E-state index >= 15 is 0 Å². The van der Waals surface area contributed by atoms with Crippen LogP contribution < -0.4 is 10.9 Å². The van der Waals surface area contributed by atoms with E-state index in [1.165, 1.54) is 18.0 Å². The largest absolute Gasteiger partial charge is 0.285 e. The Bertz CT molecular complexity index is 856. The number of fused-ring (bicyclic) bond motifs is 2. The second kappa shape index (κ2) is 6.58. The fourth-order valence-electron chi connectivity index (χ4n) is 5.10. The van der Waals surface area contributed by atoms with Crippen LogP contribution in [0.1, 0.15) is 50.4 Å². The molecule has 0 radical (unpaired) electrons. The van der Waals surface area contributed by atoms with Crippen LogP contribution in [0.15, 0.2) is 24.3 Å². The molecule has 28 heavy (non-hydrogen) atoms. The van der Waals surface area contributed by atoms with Crippen molar-refractivity contribution < 1.29 is 19.2 Å². The van der Waals surface area contributed by atoms with Crippen molar-refractivity contribution in [2.75, 3.05) is 7.05 Å². The molecule has 1 aliphatic carbocycles. The van der Waals surface area contributed by atoms with Crippen molar-refractivity contribution in [1.29, 1.82) is 0 Å². The molecule has 8 heteroatoms. The number of benzene rings is 1. The quantitative estimate of drug-likeness (QED) is 0.583. The standard InChI is InChI=1S/C20H24ClN3O4/c1-18(15(26)23-22-14(25)12-6-5-7-13(21)8-12)9-19(2)11-20(3,10-18)17(28)24(4)16(19)27/h5-8H,9-11H2,1-4H3,(H,22,25)(H,23,26). The molecule has 4 amide bonds. The summed E-state index contributed by atoms with van der Waals surface area (Å²) >= 11 is 5.88. The summed E-state index contributed by atoms with van der Waals surface area (Å²) in [6.45, 7) is 5.33. The number of amides is 4. The molecule has 1 aromatic carbocycles. The molecule has 150 valence electrons. The van der Waals surface area contributed by atoms with E-state index in [-0.39, 0.29) is 11.8 Å². The second-order valence-corrected chi connectivity index (χ2v) is 9.24. The number of nitrogens with one attached hydrogen (secondary N) is 2. The highest BCUT2D eigenvalue weighted by Crippen LogP contribution is 2.58. The first-order valence-electron chi connectivity index (χ1n) is 9.09. The predicted molar refractivity (Wildman–Crippen MR) is 103 cm³/mol. The molecule has 1 saturated heterocycles. The molecule has 2 fully saturated rings. The summed E-state index contributed by atoms with van der Waals surface area (Å²) in [5.41, 5.74) is 2.57. The van der Waals surface area contributed by atoms with Gasteiger partial charge < -0.3 is 0 Å². The summed E-state index contributed by atoms with van der Waals surface area (Å²) < 4.78 is 0. The van der Waals surface area contributed by atoms with Crippen molar-refractivity contribution in [3.8, 4) is 0 Å². The zero-order chi connectivity index (χ0) is 20.9. The number of likely N-dealkylation sites (tertiary alicyclic amines) is 1. The lowest BCUT2D eigenvalue weighted by atomic mass is 9.51. The van der Waals surface area contributed by atoms with E-state index in [2.05, 4.69) is 10.9 Å². The fourth-order valence-corrected chi connectivity index (χ4v) is 5.29. The Morgan fingerprint density at radius 2 is 1.57 bits per heavy atom. The Morgan fingerprint density at radius 3 is 2.11 bits per heavy atom. The normalized spacial score (nSPS) is 32.1. The Balaban J connectivity index is 1.77. The number of halogens is 1. The van der Waals surface area contributed by atoms with Gasteiger partial charge >= 0.3 is 0 Å². The second-order valence-electron chi connectivity index (χ2n) is 8.80. The van der Waals surface area contributed by atoms with E-state index in [4.69, 9.17) is 11.6 Å². The molecule has 1 aromatic rings. The maximum atomic E-state index is 12.9. The van der Waals surface area contributed by atoms with Crippen LogP contribution in [0.25, 0.3) is 0 Å².